The molecule has 2 aliphatic rings. The van der Waals surface area contributed by atoms with Crippen molar-refractivity contribution in [1.82, 2.24) is 20.4 Å². The Morgan fingerprint density at radius 2 is 1.81 bits per heavy atom. The fraction of sp³-hybridized carbons (Fsp3) is 0.444. The van der Waals surface area contributed by atoms with Crippen molar-refractivity contribution in [1.29, 1.82) is 0 Å². The Bertz CT molecular complexity index is 1070. The van der Waals surface area contributed by atoms with E-state index in [9.17, 15) is 14.4 Å². The first-order valence-corrected chi connectivity index (χ1v) is 12.3. The number of carbonyl (C=O) groups excluding carboxylic acids is 2. The highest BCUT2D eigenvalue weighted by atomic mass is 16.5. The summed E-state index contributed by atoms with van der Waals surface area (Å²) in [6.45, 7) is 2.34. The van der Waals surface area contributed by atoms with Crippen molar-refractivity contribution in [2.45, 2.75) is 50.5 Å². The average molecular weight is 495 g/mol. The number of nitrogens with one attached hydrogen (secondary N) is 2. The molecule has 192 valence electrons. The maximum atomic E-state index is 13.0. The zero-order valence-corrected chi connectivity index (χ0v) is 20.8. The van der Waals surface area contributed by atoms with Gasteiger partial charge in [-0.25, -0.2) is 4.79 Å². The number of amides is 2. The number of fused-ring (bicyclic) bond motifs is 1. The van der Waals surface area contributed by atoms with Gasteiger partial charge in [-0.1, -0.05) is 24.3 Å². The van der Waals surface area contributed by atoms with Gasteiger partial charge >= 0.3 is 5.97 Å². The Hall–Kier alpha value is -3.43. The summed E-state index contributed by atoms with van der Waals surface area (Å²) in [7, 11) is 3.67. The van der Waals surface area contributed by atoms with Crippen LogP contribution in [0.1, 0.15) is 40.7 Å². The lowest BCUT2D eigenvalue weighted by Crippen LogP contribution is -2.49. The second-order valence-electron chi connectivity index (χ2n) is 9.50. The highest BCUT2D eigenvalue weighted by Gasteiger charge is 2.44. The molecule has 0 aliphatic carbocycles. The Morgan fingerprint density at radius 1 is 1.11 bits per heavy atom. The highest BCUT2D eigenvalue weighted by molar-refractivity contribution is 5.87. The van der Waals surface area contributed by atoms with Gasteiger partial charge in [0.2, 0.25) is 11.8 Å². The SMILES string of the molecule is COc1ccc(CNC(=O)CC[C@H]2CNC(=O)[C@@H]3[C@H](CCN3Cc3ccc(C(=O)O)cc3)N2C)cc1. The van der Waals surface area contributed by atoms with E-state index in [1.807, 2.05) is 43.4 Å². The normalized spacial score (nSPS) is 22.4. The van der Waals surface area contributed by atoms with Crippen LogP contribution in [0.4, 0.5) is 0 Å². The summed E-state index contributed by atoms with van der Waals surface area (Å²) in [4.78, 5) is 41.1. The number of carboxylic acid groups (broad SMARTS) is 1. The highest BCUT2D eigenvalue weighted by Crippen LogP contribution is 2.28. The van der Waals surface area contributed by atoms with Crippen LogP contribution in [-0.2, 0) is 22.7 Å². The number of rotatable bonds is 9. The van der Waals surface area contributed by atoms with Gasteiger partial charge in [0.25, 0.3) is 0 Å². The maximum absolute atomic E-state index is 13.0. The Labute approximate surface area is 211 Å². The monoisotopic (exact) mass is 494 g/mol. The molecule has 9 nitrogen and oxygen atoms in total. The van der Waals surface area contributed by atoms with Crippen molar-refractivity contribution in [3.05, 3.63) is 65.2 Å². The van der Waals surface area contributed by atoms with Crippen molar-refractivity contribution in [3.8, 4) is 5.75 Å². The molecule has 36 heavy (non-hydrogen) atoms. The molecular formula is C27H34N4O5. The van der Waals surface area contributed by atoms with Crippen molar-refractivity contribution >= 4 is 17.8 Å². The number of carbonyl (C=O) groups is 3. The minimum absolute atomic E-state index is 0.0100. The van der Waals surface area contributed by atoms with E-state index >= 15 is 0 Å². The van der Waals surface area contributed by atoms with Crippen LogP contribution in [0, 0.1) is 0 Å². The third kappa shape index (κ3) is 6.03. The molecule has 2 heterocycles. The number of likely N-dealkylation sites (N-methyl/N-ethyl adjacent to an activating group) is 1. The van der Waals surface area contributed by atoms with Gasteiger partial charge in [0.1, 0.15) is 11.8 Å². The Balaban J connectivity index is 1.30. The van der Waals surface area contributed by atoms with Gasteiger partial charge in [0, 0.05) is 44.7 Å². The quantitative estimate of drug-likeness (QED) is 0.488. The number of hydrogen-bond acceptors (Lipinski definition) is 6. The Morgan fingerprint density at radius 3 is 2.47 bits per heavy atom. The van der Waals surface area contributed by atoms with E-state index in [0.29, 0.717) is 32.5 Å². The van der Waals surface area contributed by atoms with Crippen LogP contribution in [0.5, 0.6) is 5.75 Å². The lowest BCUT2D eigenvalue weighted by Gasteiger charge is -2.33. The van der Waals surface area contributed by atoms with Crippen LogP contribution in [0.15, 0.2) is 48.5 Å². The minimum atomic E-state index is -0.951. The smallest absolute Gasteiger partial charge is 0.335 e. The largest absolute Gasteiger partial charge is 0.497 e. The molecule has 3 atom stereocenters. The molecule has 9 heteroatoms. The van der Waals surface area contributed by atoms with E-state index in [-0.39, 0.29) is 35.5 Å². The van der Waals surface area contributed by atoms with Crippen LogP contribution in [-0.4, -0.2) is 78.1 Å². The van der Waals surface area contributed by atoms with E-state index in [1.54, 1.807) is 19.2 Å². The second kappa shape index (κ2) is 11.5. The zero-order chi connectivity index (χ0) is 25.7. The number of hydrogen-bond donors (Lipinski definition) is 3. The molecule has 2 saturated heterocycles. The van der Waals surface area contributed by atoms with Gasteiger partial charge in [-0.3, -0.25) is 19.4 Å². The Kier molecular flexibility index (Phi) is 8.22. The van der Waals surface area contributed by atoms with E-state index in [1.165, 1.54) is 0 Å². The maximum Gasteiger partial charge on any atom is 0.335 e. The fourth-order valence-corrected chi connectivity index (χ4v) is 5.14. The van der Waals surface area contributed by atoms with Gasteiger partial charge in [-0.2, -0.15) is 0 Å². The predicted octanol–water partition coefficient (Wildman–Crippen LogP) is 1.86. The lowest BCUT2D eigenvalue weighted by atomic mass is 10.0. The molecule has 3 N–H and O–H groups in total. The van der Waals surface area contributed by atoms with Crippen LogP contribution < -0.4 is 15.4 Å². The number of nitrogens with zero attached hydrogens (tertiary/aromatic N) is 2. The van der Waals surface area contributed by atoms with E-state index in [2.05, 4.69) is 20.4 Å². The van der Waals surface area contributed by atoms with E-state index in [4.69, 9.17) is 9.84 Å². The first-order chi connectivity index (χ1) is 17.4. The lowest BCUT2D eigenvalue weighted by molar-refractivity contribution is -0.126. The number of aromatic carboxylic acids is 1. The molecule has 2 amide bonds. The summed E-state index contributed by atoms with van der Waals surface area (Å²) in [5.41, 5.74) is 2.24. The number of benzene rings is 2. The second-order valence-corrected chi connectivity index (χ2v) is 9.50. The van der Waals surface area contributed by atoms with Crippen molar-refractivity contribution in [2.75, 3.05) is 27.2 Å². The molecule has 0 saturated carbocycles. The van der Waals surface area contributed by atoms with Gasteiger partial charge in [-0.15, -0.1) is 0 Å². The number of likely N-dealkylation sites (tertiary alicyclic amines) is 1. The molecular weight excluding hydrogens is 460 g/mol. The van der Waals surface area contributed by atoms with Crippen molar-refractivity contribution in [2.24, 2.45) is 0 Å². The standard InChI is InChI=1S/C27H34N4O5/c1-30-21(9-12-24(32)28-15-18-5-10-22(36-2)11-6-18)16-29-26(33)25-23(30)13-14-31(25)17-19-3-7-20(8-4-19)27(34)35/h3-8,10-11,21,23,25H,9,12-17H2,1-2H3,(H,28,32)(H,29,33)(H,34,35)/t21-,23-,25-/m0/s1. The molecule has 0 spiro atoms. The van der Waals surface area contributed by atoms with Gasteiger partial charge in [0.15, 0.2) is 0 Å². The molecule has 4 rings (SSSR count). The molecule has 0 radical (unpaired) electrons. The molecule has 2 aromatic rings. The third-order valence-corrected chi connectivity index (χ3v) is 7.29. The zero-order valence-electron chi connectivity index (χ0n) is 20.8. The fourth-order valence-electron chi connectivity index (χ4n) is 5.14. The number of ether oxygens (including phenoxy) is 1. The molecule has 0 unspecified atom stereocenters. The first kappa shape index (κ1) is 25.7. The van der Waals surface area contributed by atoms with Crippen LogP contribution >= 0.6 is 0 Å². The predicted molar refractivity (Wildman–Crippen MR) is 135 cm³/mol. The molecule has 0 aromatic heterocycles. The van der Waals surface area contributed by atoms with E-state index < -0.39 is 5.97 Å². The summed E-state index contributed by atoms with van der Waals surface area (Å²) in [5.74, 6) is -0.168. The molecule has 2 aromatic carbocycles. The van der Waals surface area contributed by atoms with E-state index in [0.717, 1.165) is 29.8 Å². The summed E-state index contributed by atoms with van der Waals surface area (Å²) >= 11 is 0. The summed E-state index contributed by atoms with van der Waals surface area (Å²) in [6, 6.07) is 14.3. The number of carboxylic acids is 1. The van der Waals surface area contributed by atoms with Gasteiger partial charge < -0.3 is 20.5 Å². The van der Waals surface area contributed by atoms with Gasteiger partial charge in [0.05, 0.1) is 12.7 Å². The van der Waals surface area contributed by atoms with Crippen molar-refractivity contribution < 1.29 is 24.2 Å². The summed E-state index contributed by atoms with van der Waals surface area (Å²) in [5, 5.41) is 15.2. The molecule has 2 aliphatic heterocycles. The minimum Gasteiger partial charge on any atom is -0.497 e. The first-order valence-electron chi connectivity index (χ1n) is 12.3. The van der Waals surface area contributed by atoms with Gasteiger partial charge in [-0.05, 0) is 55.3 Å². The number of methoxy groups -OCH3 is 1. The molecule has 0 bridgehead atoms. The van der Waals surface area contributed by atoms with Crippen LogP contribution in [0.25, 0.3) is 0 Å². The van der Waals surface area contributed by atoms with Crippen molar-refractivity contribution in [3.63, 3.8) is 0 Å². The third-order valence-electron chi connectivity index (χ3n) is 7.29. The molecule has 2 fully saturated rings. The topological polar surface area (TPSA) is 111 Å². The summed E-state index contributed by atoms with van der Waals surface area (Å²) < 4.78 is 5.16. The van der Waals surface area contributed by atoms with Crippen LogP contribution in [0.2, 0.25) is 0 Å². The van der Waals surface area contributed by atoms with Crippen LogP contribution in [0.3, 0.4) is 0 Å². The average Bonchev–Trinajstić information content (AvgIpc) is 3.26. The summed E-state index contributed by atoms with van der Waals surface area (Å²) in [6.07, 6.45) is 1.91.